The lowest BCUT2D eigenvalue weighted by Gasteiger charge is -2.18. The lowest BCUT2D eigenvalue weighted by Crippen LogP contribution is -2.43. The minimum Gasteiger partial charge on any atom is -0.491 e. The first-order valence-electron chi connectivity index (χ1n) is 10.2. The molecule has 11 nitrogen and oxygen atoms in total. The van der Waals surface area contributed by atoms with E-state index in [0.29, 0.717) is 28.1 Å². The number of fused-ring (bicyclic) bond motifs is 2. The molecule has 5 rings (SSSR count). The molecule has 11 heteroatoms. The Morgan fingerprint density at radius 1 is 1.24 bits per heavy atom. The second-order valence-electron chi connectivity index (χ2n) is 7.92. The monoisotopic (exact) mass is 448 g/mol. The molecule has 4 aromatic rings. The number of nitrogens with zero attached hydrogens (tertiary/aromatic N) is 5. The summed E-state index contributed by atoms with van der Waals surface area (Å²) in [5, 5.41) is 23.1. The van der Waals surface area contributed by atoms with Gasteiger partial charge in [-0.15, -0.1) is 0 Å². The number of pyridine rings is 1. The fraction of sp³-hybridized carbons (Fsp3) is 0.273. The first-order valence-corrected chi connectivity index (χ1v) is 10.2. The topological polar surface area (TPSA) is 159 Å². The highest BCUT2D eigenvalue weighted by atomic mass is 16.6. The van der Waals surface area contributed by atoms with Crippen LogP contribution in [0.5, 0.6) is 5.75 Å². The smallest absolute Gasteiger partial charge is 0.491 e. The van der Waals surface area contributed by atoms with Gasteiger partial charge in [0.15, 0.2) is 5.65 Å². The highest BCUT2D eigenvalue weighted by molar-refractivity contribution is 5.89. The summed E-state index contributed by atoms with van der Waals surface area (Å²) in [6, 6.07) is 8.91. The predicted molar refractivity (Wildman–Crippen MR) is 121 cm³/mol. The molecule has 4 atom stereocenters. The number of anilines is 2. The van der Waals surface area contributed by atoms with Gasteiger partial charge in [0, 0.05) is 17.6 Å². The van der Waals surface area contributed by atoms with E-state index >= 15 is 0 Å². The molecule has 0 saturated carbocycles. The van der Waals surface area contributed by atoms with Gasteiger partial charge in [0.05, 0.1) is 10.9 Å². The zero-order valence-corrected chi connectivity index (χ0v) is 17.7. The molecule has 0 amide bonds. The maximum Gasteiger partial charge on any atom is 0.502 e. The van der Waals surface area contributed by atoms with Gasteiger partial charge < -0.3 is 26.4 Å². The number of hydrogen-bond acceptors (Lipinski definition) is 9. The second-order valence-corrected chi connectivity index (χ2v) is 7.92. The quantitative estimate of drug-likeness (QED) is 0.360. The molecule has 1 aromatic carbocycles. The summed E-state index contributed by atoms with van der Waals surface area (Å²) in [6.07, 6.45) is -0.862. The Balaban J connectivity index is 1.44. The van der Waals surface area contributed by atoms with Crippen LogP contribution in [-0.4, -0.2) is 54.7 Å². The average molecular weight is 448 g/mol. The van der Waals surface area contributed by atoms with Crippen LogP contribution < -0.4 is 16.2 Å². The predicted octanol–water partition coefficient (Wildman–Crippen LogP) is 1.22. The summed E-state index contributed by atoms with van der Waals surface area (Å²) in [6.45, 7) is 7.43. The van der Waals surface area contributed by atoms with Gasteiger partial charge >= 0.3 is 5.85 Å². The van der Waals surface area contributed by atoms with Crippen molar-refractivity contribution in [3.8, 4) is 12.3 Å². The molecule has 33 heavy (non-hydrogen) atoms. The number of nitrogen functional groups attached to an aromatic ring is 2. The molecule has 0 bridgehead atoms. The van der Waals surface area contributed by atoms with Crippen molar-refractivity contribution in [1.29, 1.82) is 0 Å². The van der Waals surface area contributed by atoms with Crippen LogP contribution in [0.25, 0.3) is 26.8 Å². The molecular weight excluding hydrogens is 426 g/mol. The summed E-state index contributed by atoms with van der Waals surface area (Å²) in [7, 11) is 0. The molecule has 0 radical (unpaired) electrons. The van der Waals surface area contributed by atoms with E-state index < -0.39 is 24.2 Å². The van der Waals surface area contributed by atoms with Crippen LogP contribution in [0.15, 0.2) is 42.9 Å². The van der Waals surface area contributed by atoms with Crippen molar-refractivity contribution in [3.63, 3.8) is 0 Å². The van der Waals surface area contributed by atoms with E-state index in [4.69, 9.17) is 27.5 Å². The number of benzene rings is 1. The third kappa shape index (κ3) is 3.20. The van der Waals surface area contributed by atoms with Crippen molar-refractivity contribution < 1.29 is 19.7 Å². The van der Waals surface area contributed by atoms with Gasteiger partial charge in [0.1, 0.15) is 42.5 Å². The summed E-state index contributed by atoms with van der Waals surface area (Å²) in [5.74, 6) is -0.678. The molecule has 3 aromatic heterocycles. The molecule has 6 N–H and O–H groups in total. The Hall–Kier alpha value is -3.98. The van der Waals surface area contributed by atoms with E-state index in [0.717, 1.165) is 10.9 Å². The number of rotatable bonds is 4. The highest BCUT2D eigenvalue weighted by Crippen LogP contribution is 2.40. The molecule has 1 aliphatic rings. The third-order valence-electron chi connectivity index (χ3n) is 5.85. The van der Waals surface area contributed by atoms with E-state index in [1.807, 2.05) is 19.1 Å². The normalized spacial score (nSPS) is 24.8. The van der Waals surface area contributed by atoms with Gasteiger partial charge in [-0.25, -0.2) is 19.5 Å². The molecule has 1 saturated heterocycles. The lowest BCUT2D eigenvalue weighted by atomic mass is 10.1. The van der Waals surface area contributed by atoms with E-state index in [1.54, 1.807) is 24.4 Å². The van der Waals surface area contributed by atoms with Crippen LogP contribution in [0.3, 0.4) is 0 Å². The third-order valence-corrected chi connectivity index (χ3v) is 5.85. The van der Waals surface area contributed by atoms with Gasteiger partial charge in [-0.2, -0.15) is 0 Å². The van der Waals surface area contributed by atoms with Crippen LogP contribution in [-0.2, 0) is 10.6 Å². The number of aromatic nitrogens is 4. The van der Waals surface area contributed by atoms with E-state index in [1.165, 1.54) is 10.9 Å². The molecule has 4 heterocycles. The van der Waals surface area contributed by atoms with Crippen molar-refractivity contribution in [1.82, 2.24) is 19.5 Å². The largest absolute Gasteiger partial charge is 0.502 e. The summed E-state index contributed by atoms with van der Waals surface area (Å²) >= 11 is 0. The lowest BCUT2D eigenvalue weighted by molar-refractivity contribution is -0.109. The van der Waals surface area contributed by atoms with Crippen LogP contribution in [0.1, 0.15) is 5.56 Å². The highest BCUT2D eigenvalue weighted by Gasteiger charge is 2.66. The SMILES string of the molecule is C#[N+][C@@]1(n2cc(C)c3c(N)ncnc32)O[C@H](COc2ccc3ccc(N)nc3c2)[C@@H](O)[C@H]1O. The Bertz CT molecular complexity index is 1420. The summed E-state index contributed by atoms with van der Waals surface area (Å²) in [5.41, 5.74) is 13.5. The maximum absolute atomic E-state index is 10.9. The van der Waals surface area contributed by atoms with Crippen LogP contribution in [0, 0.1) is 13.5 Å². The number of hydrogen-bond donors (Lipinski definition) is 4. The van der Waals surface area contributed by atoms with Gasteiger partial charge in [-0.05, 0) is 41.6 Å². The minimum absolute atomic E-state index is 0.0847. The van der Waals surface area contributed by atoms with Crippen LogP contribution >= 0.6 is 0 Å². The van der Waals surface area contributed by atoms with Crippen molar-refractivity contribution >= 4 is 33.6 Å². The molecule has 0 aliphatic carbocycles. The fourth-order valence-corrected chi connectivity index (χ4v) is 4.18. The number of nitrogens with two attached hydrogens (primary N) is 2. The van der Waals surface area contributed by atoms with Gasteiger partial charge in [0.25, 0.3) is 6.57 Å². The summed E-state index contributed by atoms with van der Waals surface area (Å²) < 4.78 is 13.3. The first-order chi connectivity index (χ1) is 15.8. The fourth-order valence-electron chi connectivity index (χ4n) is 4.18. The van der Waals surface area contributed by atoms with E-state index in [2.05, 4.69) is 19.8 Å². The maximum atomic E-state index is 10.9. The Labute approximate surface area is 188 Å². The van der Waals surface area contributed by atoms with Gasteiger partial charge in [-0.3, -0.25) is 4.74 Å². The molecule has 1 fully saturated rings. The number of aliphatic hydroxyl groups excluding tert-OH is 2. The first kappa shape index (κ1) is 20.9. The van der Waals surface area contributed by atoms with Crippen molar-refractivity contribution in [2.75, 3.05) is 18.1 Å². The van der Waals surface area contributed by atoms with Gasteiger partial charge in [-0.1, -0.05) is 0 Å². The van der Waals surface area contributed by atoms with E-state index in [9.17, 15) is 10.2 Å². The Morgan fingerprint density at radius 3 is 2.82 bits per heavy atom. The van der Waals surface area contributed by atoms with Gasteiger partial charge in [0.2, 0.25) is 6.10 Å². The molecule has 1 aliphatic heterocycles. The van der Waals surface area contributed by atoms with Crippen molar-refractivity contribution in [2.24, 2.45) is 0 Å². The summed E-state index contributed by atoms with van der Waals surface area (Å²) in [4.78, 5) is 16.3. The zero-order chi connectivity index (χ0) is 23.3. The molecule has 0 unspecified atom stereocenters. The minimum atomic E-state index is -1.83. The van der Waals surface area contributed by atoms with Crippen molar-refractivity contribution in [2.45, 2.75) is 31.1 Å². The van der Waals surface area contributed by atoms with Crippen LogP contribution in [0.2, 0.25) is 0 Å². The van der Waals surface area contributed by atoms with E-state index in [-0.39, 0.29) is 12.4 Å². The number of aryl methyl sites for hydroxylation is 1. The second kappa shape index (κ2) is 7.56. The van der Waals surface area contributed by atoms with Crippen molar-refractivity contribution in [3.05, 3.63) is 53.3 Å². The zero-order valence-electron chi connectivity index (χ0n) is 17.7. The Kier molecular flexibility index (Phi) is 4.79. The number of aliphatic hydroxyl groups is 2. The Morgan fingerprint density at radius 2 is 2.03 bits per heavy atom. The average Bonchev–Trinajstić information content (AvgIpc) is 3.28. The standard InChI is InChI=1S/C22H22N7O4/c1-11-8-29(21-17(11)20(24)26-10-27-21)22(25-2)19(31)18(30)15(33-22)9-32-13-5-3-12-4-6-16(23)28-14(12)7-13/h2-8,10,15,18-19,30-31H,9H2,1H3,(H2,23,28)(H2,24,26,27)/q+1/t15-,18-,19-,22+/m1/s1. The number of ether oxygens (including phenoxy) is 2. The molecule has 0 spiro atoms. The molecular formula is C22H22N7O4+. The van der Waals surface area contributed by atoms with Crippen LogP contribution in [0.4, 0.5) is 11.6 Å². The molecule has 168 valence electrons.